The molecule has 1 N–H and O–H groups in total. The van der Waals surface area contributed by atoms with Crippen LogP contribution in [0.5, 0.6) is 0 Å². The normalized spacial score (nSPS) is 28.0. The van der Waals surface area contributed by atoms with Gasteiger partial charge in [-0.2, -0.15) is 0 Å². The fourth-order valence-corrected chi connectivity index (χ4v) is 1.62. The number of hydrogen-bond donors (Lipinski definition) is 1. The second kappa shape index (κ2) is 6.44. The Morgan fingerprint density at radius 2 is 2.08 bits per heavy atom. The lowest BCUT2D eigenvalue weighted by Gasteiger charge is -2.26. The first-order chi connectivity index (χ1) is 5.83. The SMILES string of the molecule is CC.CCC1(CNC)CCCO1. The summed E-state index contributed by atoms with van der Waals surface area (Å²) in [5.41, 5.74) is 0.175. The molecule has 1 saturated heterocycles. The molecule has 1 rings (SSSR count). The average molecular weight is 173 g/mol. The van der Waals surface area contributed by atoms with Gasteiger partial charge in [0, 0.05) is 13.2 Å². The van der Waals surface area contributed by atoms with Crippen molar-refractivity contribution in [2.24, 2.45) is 0 Å². The van der Waals surface area contributed by atoms with E-state index in [4.69, 9.17) is 4.74 Å². The fraction of sp³-hybridized carbons (Fsp3) is 1.00. The van der Waals surface area contributed by atoms with Gasteiger partial charge in [0.2, 0.25) is 0 Å². The van der Waals surface area contributed by atoms with Gasteiger partial charge in [0.05, 0.1) is 5.60 Å². The Bertz CT molecular complexity index is 98.0. The molecule has 0 aromatic heterocycles. The van der Waals surface area contributed by atoms with E-state index < -0.39 is 0 Å². The van der Waals surface area contributed by atoms with E-state index in [1.807, 2.05) is 20.9 Å². The Morgan fingerprint density at radius 3 is 2.42 bits per heavy atom. The van der Waals surface area contributed by atoms with Crippen molar-refractivity contribution in [2.45, 2.75) is 45.6 Å². The van der Waals surface area contributed by atoms with E-state index >= 15 is 0 Å². The smallest absolute Gasteiger partial charge is 0.0804 e. The molecular formula is C10H23NO. The summed E-state index contributed by atoms with van der Waals surface area (Å²) < 4.78 is 5.67. The van der Waals surface area contributed by atoms with Crippen molar-refractivity contribution in [2.75, 3.05) is 20.2 Å². The van der Waals surface area contributed by atoms with Crippen molar-refractivity contribution in [3.8, 4) is 0 Å². The third-order valence-electron chi connectivity index (χ3n) is 2.33. The van der Waals surface area contributed by atoms with E-state index in [-0.39, 0.29) is 5.60 Å². The minimum absolute atomic E-state index is 0.175. The van der Waals surface area contributed by atoms with Crippen molar-refractivity contribution >= 4 is 0 Å². The second-order valence-electron chi connectivity index (χ2n) is 3.02. The first kappa shape index (κ1) is 11.9. The Labute approximate surface area is 76.7 Å². The molecule has 1 heterocycles. The zero-order chi connectivity index (χ0) is 9.45. The molecule has 1 aliphatic rings. The molecule has 0 amide bonds. The van der Waals surface area contributed by atoms with Gasteiger partial charge in [-0.15, -0.1) is 0 Å². The van der Waals surface area contributed by atoms with Crippen LogP contribution in [0.2, 0.25) is 0 Å². The van der Waals surface area contributed by atoms with Gasteiger partial charge in [0.15, 0.2) is 0 Å². The highest BCUT2D eigenvalue weighted by molar-refractivity contribution is 4.85. The lowest BCUT2D eigenvalue weighted by atomic mass is 9.97. The zero-order valence-electron chi connectivity index (χ0n) is 8.94. The molecular weight excluding hydrogens is 150 g/mol. The maximum absolute atomic E-state index is 5.67. The molecule has 74 valence electrons. The van der Waals surface area contributed by atoms with Gasteiger partial charge >= 0.3 is 0 Å². The summed E-state index contributed by atoms with van der Waals surface area (Å²) >= 11 is 0. The van der Waals surface area contributed by atoms with Gasteiger partial charge in [0.1, 0.15) is 0 Å². The maximum Gasteiger partial charge on any atom is 0.0804 e. The first-order valence-corrected chi connectivity index (χ1v) is 5.11. The van der Waals surface area contributed by atoms with E-state index in [1.54, 1.807) is 0 Å². The van der Waals surface area contributed by atoms with E-state index in [0.29, 0.717) is 0 Å². The number of likely N-dealkylation sites (N-methyl/N-ethyl adjacent to an activating group) is 1. The Kier molecular flexibility index (Phi) is 6.39. The minimum atomic E-state index is 0.175. The van der Waals surface area contributed by atoms with Crippen LogP contribution in [0, 0.1) is 0 Å². The summed E-state index contributed by atoms with van der Waals surface area (Å²) in [5.74, 6) is 0. The second-order valence-corrected chi connectivity index (χ2v) is 3.02. The van der Waals surface area contributed by atoms with Crippen LogP contribution in [0.1, 0.15) is 40.0 Å². The van der Waals surface area contributed by atoms with Crippen LogP contribution in [-0.2, 0) is 4.74 Å². The molecule has 0 aromatic carbocycles. The molecule has 0 aromatic rings. The molecule has 2 nitrogen and oxygen atoms in total. The van der Waals surface area contributed by atoms with Gasteiger partial charge in [-0.05, 0) is 26.3 Å². The molecule has 2 heteroatoms. The van der Waals surface area contributed by atoms with Gasteiger partial charge < -0.3 is 10.1 Å². The van der Waals surface area contributed by atoms with Gasteiger partial charge in [-0.1, -0.05) is 20.8 Å². The van der Waals surface area contributed by atoms with E-state index in [2.05, 4.69) is 12.2 Å². The number of rotatable bonds is 3. The van der Waals surface area contributed by atoms with Crippen molar-refractivity contribution in [1.82, 2.24) is 5.32 Å². The molecule has 0 spiro atoms. The van der Waals surface area contributed by atoms with Crippen molar-refractivity contribution in [3.63, 3.8) is 0 Å². The van der Waals surface area contributed by atoms with Gasteiger partial charge in [0.25, 0.3) is 0 Å². The summed E-state index contributed by atoms with van der Waals surface area (Å²) in [5, 5.41) is 3.18. The van der Waals surface area contributed by atoms with Crippen molar-refractivity contribution < 1.29 is 4.74 Å². The predicted octanol–water partition coefficient (Wildman–Crippen LogP) is 2.19. The highest BCUT2D eigenvalue weighted by atomic mass is 16.5. The van der Waals surface area contributed by atoms with E-state index in [9.17, 15) is 0 Å². The Hall–Kier alpha value is -0.0800. The molecule has 1 atom stereocenters. The number of nitrogens with one attached hydrogen (secondary N) is 1. The summed E-state index contributed by atoms with van der Waals surface area (Å²) in [6.07, 6.45) is 3.59. The van der Waals surface area contributed by atoms with Crippen LogP contribution < -0.4 is 5.32 Å². The van der Waals surface area contributed by atoms with Crippen LogP contribution in [-0.4, -0.2) is 25.8 Å². The summed E-state index contributed by atoms with van der Waals surface area (Å²) in [4.78, 5) is 0. The van der Waals surface area contributed by atoms with E-state index in [1.165, 1.54) is 12.8 Å². The Balaban J connectivity index is 0.000000561. The third-order valence-corrected chi connectivity index (χ3v) is 2.33. The van der Waals surface area contributed by atoms with Crippen molar-refractivity contribution in [1.29, 1.82) is 0 Å². The highest BCUT2D eigenvalue weighted by Gasteiger charge is 2.31. The van der Waals surface area contributed by atoms with E-state index in [0.717, 1.165) is 19.6 Å². The molecule has 0 saturated carbocycles. The minimum Gasteiger partial charge on any atom is -0.374 e. The molecule has 1 aliphatic heterocycles. The lowest BCUT2D eigenvalue weighted by Crippen LogP contribution is -2.37. The number of hydrogen-bond acceptors (Lipinski definition) is 2. The number of ether oxygens (including phenoxy) is 1. The summed E-state index contributed by atoms with van der Waals surface area (Å²) in [7, 11) is 1.99. The quantitative estimate of drug-likeness (QED) is 0.706. The average Bonchev–Trinajstić information content (AvgIpc) is 2.58. The zero-order valence-corrected chi connectivity index (χ0v) is 8.94. The highest BCUT2D eigenvalue weighted by Crippen LogP contribution is 2.27. The topological polar surface area (TPSA) is 21.3 Å². The maximum atomic E-state index is 5.67. The fourth-order valence-electron chi connectivity index (χ4n) is 1.62. The molecule has 12 heavy (non-hydrogen) atoms. The van der Waals surface area contributed by atoms with Crippen LogP contribution in [0.25, 0.3) is 0 Å². The van der Waals surface area contributed by atoms with Gasteiger partial charge in [-0.25, -0.2) is 0 Å². The standard InChI is InChI=1S/C8H17NO.C2H6/c1-3-8(7-9-2)5-4-6-10-8;1-2/h9H,3-7H2,1-2H3;1-2H3. The third kappa shape index (κ3) is 3.11. The molecule has 1 fully saturated rings. The molecule has 0 radical (unpaired) electrons. The Morgan fingerprint density at radius 1 is 1.42 bits per heavy atom. The summed E-state index contributed by atoms with van der Waals surface area (Å²) in [6, 6.07) is 0. The molecule has 0 bridgehead atoms. The van der Waals surface area contributed by atoms with Crippen LogP contribution >= 0.6 is 0 Å². The first-order valence-electron chi connectivity index (χ1n) is 5.11. The molecule has 1 unspecified atom stereocenters. The monoisotopic (exact) mass is 173 g/mol. The van der Waals surface area contributed by atoms with Crippen LogP contribution in [0.15, 0.2) is 0 Å². The molecule has 0 aliphatic carbocycles. The predicted molar refractivity (Wildman–Crippen MR) is 53.5 cm³/mol. The van der Waals surface area contributed by atoms with Crippen molar-refractivity contribution in [3.05, 3.63) is 0 Å². The largest absolute Gasteiger partial charge is 0.374 e. The van der Waals surface area contributed by atoms with Crippen LogP contribution in [0.4, 0.5) is 0 Å². The van der Waals surface area contributed by atoms with Gasteiger partial charge in [-0.3, -0.25) is 0 Å². The lowest BCUT2D eigenvalue weighted by molar-refractivity contribution is 0.00337. The van der Waals surface area contributed by atoms with Crippen LogP contribution in [0.3, 0.4) is 0 Å². The summed E-state index contributed by atoms with van der Waals surface area (Å²) in [6.45, 7) is 8.15.